The Hall–Kier alpha value is -3.33. The Labute approximate surface area is 214 Å². The highest BCUT2D eigenvalue weighted by Gasteiger charge is 2.24. The van der Waals surface area contributed by atoms with E-state index in [0.717, 1.165) is 34.4 Å². The minimum atomic E-state index is -3.60. The highest BCUT2D eigenvalue weighted by molar-refractivity contribution is 7.89. The SMILES string of the molecule is CCCN(CCC)S(=O)(=O)c1ccc2nc(NC(=O)c3c4ccccc4cc4ccccc34)sc2c1. The van der Waals surface area contributed by atoms with Gasteiger partial charge in [0.25, 0.3) is 5.91 Å². The largest absolute Gasteiger partial charge is 0.298 e. The molecule has 1 heterocycles. The number of amides is 1. The molecule has 0 aliphatic carbocycles. The summed E-state index contributed by atoms with van der Waals surface area (Å²) in [5, 5.41) is 7.11. The Bertz CT molecular complexity index is 1630. The molecule has 0 spiro atoms. The van der Waals surface area contributed by atoms with Crippen molar-refractivity contribution < 1.29 is 13.2 Å². The van der Waals surface area contributed by atoms with Crippen LogP contribution in [0.4, 0.5) is 5.13 Å². The summed E-state index contributed by atoms with van der Waals surface area (Å²) < 4.78 is 28.7. The van der Waals surface area contributed by atoms with E-state index >= 15 is 0 Å². The fraction of sp³-hybridized carbons (Fsp3) is 0.214. The Morgan fingerprint density at radius 1 is 0.889 bits per heavy atom. The molecule has 0 saturated heterocycles. The number of nitrogens with one attached hydrogen (secondary N) is 1. The van der Waals surface area contributed by atoms with Crippen molar-refractivity contribution in [3.8, 4) is 0 Å². The maximum absolute atomic E-state index is 13.5. The third-order valence-electron chi connectivity index (χ3n) is 6.16. The molecule has 5 rings (SSSR count). The van der Waals surface area contributed by atoms with Gasteiger partial charge in [0.2, 0.25) is 10.0 Å². The maximum Gasteiger partial charge on any atom is 0.258 e. The lowest BCUT2D eigenvalue weighted by molar-refractivity contribution is 0.103. The molecule has 6 nitrogen and oxygen atoms in total. The average molecular weight is 518 g/mol. The van der Waals surface area contributed by atoms with Gasteiger partial charge in [-0.1, -0.05) is 73.7 Å². The van der Waals surface area contributed by atoms with E-state index in [1.54, 1.807) is 18.2 Å². The number of hydrogen-bond acceptors (Lipinski definition) is 5. The first-order valence-electron chi connectivity index (χ1n) is 12.0. The van der Waals surface area contributed by atoms with Gasteiger partial charge in [-0.05, 0) is 58.7 Å². The molecule has 0 atom stereocenters. The van der Waals surface area contributed by atoms with Crippen LogP contribution in [-0.4, -0.2) is 36.7 Å². The molecule has 1 N–H and O–H groups in total. The molecular weight excluding hydrogens is 490 g/mol. The number of carbonyl (C=O) groups excluding carboxylic acids is 1. The lowest BCUT2D eigenvalue weighted by atomic mass is 9.96. The van der Waals surface area contributed by atoms with Gasteiger partial charge < -0.3 is 0 Å². The predicted octanol–water partition coefficient (Wildman–Crippen LogP) is 6.67. The van der Waals surface area contributed by atoms with Gasteiger partial charge in [0.15, 0.2) is 5.13 Å². The normalized spacial score (nSPS) is 12.1. The number of aromatic nitrogens is 1. The van der Waals surface area contributed by atoms with E-state index in [1.807, 2.05) is 62.4 Å². The lowest BCUT2D eigenvalue weighted by Gasteiger charge is -2.20. The van der Waals surface area contributed by atoms with Gasteiger partial charge in [-0.2, -0.15) is 4.31 Å². The van der Waals surface area contributed by atoms with Crippen molar-refractivity contribution in [2.24, 2.45) is 0 Å². The zero-order chi connectivity index (χ0) is 25.3. The van der Waals surface area contributed by atoms with Crippen LogP contribution in [0.25, 0.3) is 31.8 Å². The molecule has 0 aliphatic rings. The Morgan fingerprint density at radius 3 is 2.11 bits per heavy atom. The Balaban J connectivity index is 1.51. The van der Waals surface area contributed by atoms with Crippen LogP contribution in [0, 0.1) is 0 Å². The van der Waals surface area contributed by atoms with Crippen LogP contribution in [0.1, 0.15) is 37.0 Å². The van der Waals surface area contributed by atoms with E-state index in [0.29, 0.717) is 34.0 Å². The van der Waals surface area contributed by atoms with Gasteiger partial charge >= 0.3 is 0 Å². The Kier molecular flexibility index (Phi) is 6.75. The van der Waals surface area contributed by atoms with Gasteiger partial charge in [0.1, 0.15) is 0 Å². The van der Waals surface area contributed by atoms with E-state index in [2.05, 4.69) is 16.4 Å². The summed E-state index contributed by atoms with van der Waals surface area (Å²) in [7, 11) is -3.60. The number of thiazole rings is 1. The van der Waals surface area contributed by atoms with E-state index in [1.165, 1.54) is 15.6 Å². The number of hydrogen-bond donors (Lipinski definition) is 1. The van der Waals surface area contributed by atoms with Crippen molar-refractivity contribution in [2.75, 3.05) is 18.4 Å². The number of nitrogens with zero attached hydrogens (tertiary/aromatic N) is 2. The molecule has 8 heteroatoms. The fourth-order valence-electron chi connectivity index (χ4n) is 4.54. The molecule has 36 heavy (non-hydrogen) atoms. The summed E-state index contributed by atoms with van der Waals surface area (Å²) in [6, 6.07) is 22.7. The zero-order valence-electron chi connectivity index (χ0n) is 20.2. The molecule has 0 bridgehead atoms. The summed E-state index contributed by atoms with van der Waals surface area (Å²) in [5.74, 6) is -0.244. The van der Waals surface area contributed by atoms with E-state index < -0.39 is 10.0 Å². The van der Waals surface area contributed by atoms with Crippen molar-refractivity contribution in [1.29, 1.82) is 0 Å². The van der Waals surface area contributed by atoms with Gasteiger partial charge in [0.05, 0.1) is 20.7 Å². The predicted molar refractivity (Wildman–Crippen MR) is 148 cm³/mol. The molecular formula is C28H27N3O3S2. The first-order valence-corrected chi connectivity index (χ1v) is 14.3. The second-order valence-corrected chi connectivity index (χ2v) is 11.7. The fourth-order valence-corrected chi connectivity index (χ4v) is 7.16. The lowest BCUT2D eigenvalue weighted by Crippen LogP contribution is -2.32. The van der Waals surface area contributed by atoms with Crippen LogP contribution in [-0.2, 0) is 10.0 Å². The van der Waals surface area contributed by atoms with Crippen LogP contribution >= 0.6 is 11.3 Å². The summed E-state index contributed by atoms with van der Waals surface area (Å²) in [6.45, 7) is 4.91. The van der Waals surface area contributed by atoms with E-state index in [9.17, 15) is 13.2 Å². The first-order chi connectivity index (χ1) is 17.4. The van der Waals surface area contributed by atoms with Gasteiger partial charge in [-0.15, -0.1) is 0 Å². The number of rotatable bonds is 8. The standard InChI is InChI=1S/C28H27N3O3S2/c1-3-15-31(16-4-2)36(33,34)21-13-14-24-25(18-21)35-28(29-24)30-27(32)26-22-11-7-5-9-19(22)17-20-10-6-8-12-23(20)26/h5-14,17-18H,3-4,15-16H2,1-2H3,(H,29,30,32). The van der Waals surface area contributed by atoms with Crippen LogP contribution in [0.15, 0.2) is 77.7 Å². The monoisotopic (exact) mass is 517 g/mol. The first kappa shape index (κ1) is 24.4. The van der Waals surface area contributed by atoms with Crippen LogP contribution in [0.5, 0.6) is 0 Å². The molecule has 0 fully saturated rings. The molecule has 184 valence electrons. The number of carbonyl (C=O) groups is 1. The van der Waals surface area contributed by atoms with Crippen LogP contribution in [0.2, 0.25) is 0 Å². The third-order valence-corrected chi connectivity index (χ3v) is 8.99. The zero-order valence-corrected chi connectivity index (χ0v) is 21.8. The number of fused-ring (bicyclic) bond motifs is 3. The molecule has 5 aromatic rings. The number of benzene rings is 4. The average Bonchev–Trinajstić information content (AvgIpc) is 3.28. The van der Waals surface area contributed by atoms with E-state index in [4.69, 9.17) is 0 Å². The minimum absolute atomic E-state index is 0.244. The highest BCUT2D eigenvalue weighted by Crippen LogP contribution is 2.32. The van der Waals surface area contributed by atoms with Gasteiger partial charge in [-0.3, -0.25) is 10.1 Å². The van der Waals surface area contributed by atoms with Gasteiger partial charge in [0, 0.05) is 13.1 Å². The molecule has 0 aliphatic heterocycles. The molecule has 1 amide bonds. The summed E-state index contributed by atoms with van der Waals surface area (Å²) in [4.78, 5) is 18.3. The third kappa shape index (κ3) is 4.48. The summed E-state index contributed by atoms with van der Waals surface area (Å²) in [5.41, 5.74) is 1.25. The molecule has 0 radical (unpaired) electrons. The summed E-state index contributed by atoms with van der Waals surface area (Å²) >= 11 is 1.27. The highest BCUT2D eigenvalue weighted by atomic mass is 32.2. The molecule has 0 unspecified atom stereocenters. The molecule has 0 saturated carbocycles. The van der Waals surface area contributed by atoms with Crippen molar-refractivity contribution >= 4 is 64.2 Å². The Morgan fingerprint density at radius 2 is 1.50 bits per heavy atom. The van der Waals surface area contributed by atoms with Crippen molar-refractivity contribution in [2.45, 2.75) is 31.6 Å². The van der Waals surface area contributed by atoms with Crippen molar-refractivity contribution in [3.05, 3.63) is 78.4 Å². The summed E-state index contributed by atoms with van der Waals surface area (Å²) in [6.07, 6.45) is 1.50. The maximum atomic E-state index is 13.5. The topological polar surface area (TPSA) is 79.4 Å². The minimum Gasteiger partial charge on any atom is -0.298 e. The second-order valence-electron chi connectivity index (χ2n) is 8.70. The van der Waals surface area contributed by atoms with Crippen LogP contribution in [0.3, 0.4) is 0 Å². The van der Waals surface area contributed by atoms with Gasteiger partial charge in [-0.25, -0.2) is 13.4 Å². The number of sulfonamides is 1. The smallest absolute Gasteiger partial charge is 0.258 e. The van der Waals surface area contributed by atoms with Crippen LogP contribution < -0.4 is 5.32 Å². The molecule has 1 aromatic heterocycles. The van der Waals surface area contributed by atoms with Crippen molar-refractivity contribution in [3.63, 3.8) is 0 Å². The molecule has 4 aromatic carbocycles. The number of anilines is 1. The van der Waals surface area contributed by atoms with Crippen molar-refractivity contribution in [1.82, 2.24) is 9.29 Å². The quantitative estimate of drug-likeness (QED) is 0.233. The second kappa shape index (κ2) is 9.97. The van der Waals surface area contributed by atoms with E-state index in [-0.39, 0.29) is 10.8 Å².